The third-order valence-corrected chi connectivity index (χ3v) is 4.69. The number of likely N-dealkylation sites (tertiary alicyclic amines) is 1. The Hall–Kier alpha value is -2.08. The summed E-state index contributed by atoms with van der Waals surface area (Å²) in [6, 6.07) is 7.93. The molecule has 1 N–H and O–H groups in total. The lowest BCUT2D eigenvalue weighted by Gasteiger charge is -2.32. The summed E-state index contributed by atoms with van der Waals surface area (Å²) in [6.45, 7) is 7.42. The topological polar surface area (TPSA) is 67.9 Å². The lowest BCUT2D eigenvalue weighted by Crippen LogP contribution is -2.49. The number of amides is 2. The van der Waals surface area contributed by atoms with E-state index in [-0.39, 0.29) is 24.5 Å². The second kappa shape index (κ2) is 9.57. The SMILES string of the molecule is COCC(=O)N1CCC(NC(=O)C(C)Oc2ccc(C(C)C)cc2)CC1. The molecule has 1 aliphatic rings. The summed E-state index contributed by atoms with van der Waals surface area (Å²) in [5.74, 6) is 1.03. The number of benzene rings is 1. The van der Waals surface area contributed by atoms with E-state index in [0.717, 1.165) is 12.8 Å². The molecule has 0 bridgehead atoms. The van der Waals surface area contributed by atoms with Crippen molar-refractivity contribution in [2.24, 2.45) is 0 Å². The van der Waals surface area contributed by atoms with Crippen LogP contribution in [-0.4, -0.2) is 55.7 Å². The lowest BCUT2D eigenvalue weighted by molar-refractivity contribution is -0.136. The zero-order valence-electron chi connectivity index (χ0n) is 16.2. The molecule has 0 aromatic heterocycles. The molecule has 1 aromatic carbocycles. The van der Waals surface area contributed by atoms with Crippen molar-refractivity contribution in [3.05, 3.63) is 29.8 Å². The molecule has 0 radical (unpaired) electrons. The van der Waals surface area contributed by atoms with Gasteiger partial charge in [0.15, 0.2) is 6.10 Å². The number of ether oxygens (including phenoxy) is 2. The summed E-state index contributed by atoms with van der Waals surface area (Å²) in [7, 11) is 1.52. The van der Waals surface area contributed by atoms with Gasteiger partial charge in [-0.2, -0.15) is 0 Å². The highest BCUT2D eigenvalue weighted by atomic mass is 16.5. The molecule has 1 heterocycles. The fraction of sp³-hybridized carbons (Fsp3) is 0.600. The molecule has 1 unspecified atom stereocenters. The van der Waals surface area contributed by atoms with Crippen LogP contribution in [0.15, 0.2) is 24.3 Å². The second-order valence-electron chi connectivity index (χ2n) is 7.08. The monoisotopic (exact) mass is 362 g/mol. The van der Waals surface area contributed by atoms with Gasteiger partial charge in [0.25, 0.3) is 5.91 Å². The molecule has 1 saturated heterocycles. The van der Waals surface area contributed by atoms with Gasteiger partial charge in [0.05, 0.1) is 0 Å². The van der Waals surface area contributed by atoms with Crippen LogP contribution in [0, 0.1) is 0 Å². The van der Waals surface area contributed by atoms with E-state index in [1.807, 2.05) is 24.3 Å². The Bertz CT molecular complexity index is 592. The van der Waals surface area contributed by atoms with E-state index in [1.54, 1.807) is 11.8 Å². The smallest absolute Gasteiger partial charge is 0.260 e. The summed E-state index contributed by atoms with van der Waals surface area (Å²) in [5, 5.41) is 3.03. The number of hydrogen-bond donors (Lipinski definition) is 1. The maximum absolute atomic E-state index is 12.4. The molecule has 0 spiro atoms. The van der Waals surface area contributed by atoms with Crippen LogP contribution in [0.5, 0.6) is 5.75 Å². The van der Waals surface area contributed by atoms with Crippen LogP contribution >= 0.6 is 0 Å². The Labute approximate surface area is 155 Å². The van der Waals surface area contributed by atoms with Gasteiger partial charge in [-0.1, -0.05) is 26.0 Å². The van der Waals surface area contributed by atoms with Crippen molar-refractivity contribution >= 4 is 11.8 Å². The fourth-order valence-corrected chi connectivity index (χ4v) is 3.00. The normalized spacial score (nSPS) is 16.4. The first-order valence-electron chi connectivity index (χ1n) is 9.24. The van der Waals surface area contributed by atoms with E-state index >= 15 is 0 Å². The average Bonchev–Trinajstić information content (AvgIpc) is 2.63. The van der Waals surface area contributed by atoms with Crippen molar-refractivity contribution in [1.29, 1.82) is 0 Å². The molecule has 0 saturated carbocycles. The van der Waals surface area contributed by atoms with Crippen molar-refractivity contribution in [3.8, 4) is 5.75 Å². The molecular formula is C20H30N2O4. The van der Waals surface area contributed by atoms with E-state index < -0.39 is 6.10 Å². The molecule has 144 valence electrons. The van der Waals surface area contributed by atoms with Crippen LogP contribution < -0.4 is 10.1 Å². The van der Waals surface area contributed by atoms with Crippen LogP contribution in [-0.2, 0) is 14.3 Å². The third-order valence-electron chi connectivity index (χ3n) is 4.69. The van der Waals surface area contributed by atoms with Crippen molar-refractivity contribution in [2.75, 3.05) is 26.8 Å². The van der Waals surface area contributed by atoms with Crippen LogP contribution in [0.2, 0.25) is 0 Å². The molecule has 6 nitrogen and oxygen atoms in total. The Morgan fingerprint density at radius 3 is 2.31 bits per heavy atom. The maximum atomic E-state index is 12.4. The molecule has 6 heteroatoms. The Morgan fingerprint density at radius 1 is 1.15 bits per heavy atom. The molecule has 2 rings (SSSR count). The fourth-order valence-electron chi connectivity index (χ4n) is 3.00. The van der Waals surface area contributed by atoms with Crippen LogP contribution in [0.4, 0.5) is 0 Å². The van der Waals surface area contributed by atoms with E-state index in [1.165, 1.54) is 12.7 Å². The first kappa shape index (κ1) is 20.2. The quantitative estimate of drug-likeness (QED) is 0.808. The van der Waals surface area contributed by atoms with E-state index in [2.05, 4.69) is 19.2 Å². The number of piperidine rings is 1. The van der Waals surface area contributed by atoms with E-state index in [9.17, 15) is 9.59 Å². The number of nitrogens with zero attached hydrogens (tertiary/aromatic N) is 1. The standard InChI is InChI=1S/C20H30N2O4/c1-14(2)16-5-7-18(8-6-16)26-15(3)20(24)21-17-9-11-22(12-10-17)19(23)13-25-4/h5-8,14-15,17H,9-13H2,1-4H3,(H,21,24). The van der Waals surface area contributed by atoms with Gasteiger partial charge in [0.1, 0.15) is 12.4 Å². The number of hydrogen-bond acceptors (Lipinski definition) is 4. The van der Waals surface area contributed by atoms with Gasteiger partial charge in [-0.3, -0.25) is 9.59 Å². The van der Waals surface area contributed by atoms with Gasteiger partial charge in [-0.05, 0) is 43.4 Å². The first-order chi connectivity index (χ1) is 12.4. The molecule has 1 aromatic rings. The minimum atomic E-state index is -0.562. The highest BCUT2D eigenvalue weighted by molar-refractivity contribution is 5.81. The summed E-state index contributed by atoms with van der Waals surface area (Å²) < 4.78 is 10.6. The lowest BCUT2D eigenvalue weighted by atomic mass is 10.0. The predicted octanol–water partition coefficient (Wildman–Crippen LogP) is 2.33. The van der Waals surface area contributed by atoms with Crippen molar-refractivity contribution < 1.29 is 19.1 Å². The molecule has 1 atom stereocenters. The number of carbonyl (C=O) groups is 2. The molecule has 26 heavy (non-hydrogen) atoms. The molecule has 2 amide bonds. The third kappa shape index (κ3) is 5.73. The summed E-state index contributed by atoms with van der Waals surface area (Å²) in [6.07, 6.45) is 0.932. The highest BCUT2D eigenvalue weighted by Crippen LogP contribution is 2.19. The number of methoxy groups -OCH3 is 1. The average molecular weight is 362 g/mol. The van der Waals surface area contributed by atoms with Crippen LogP contribution in [0.25, 0.3) is 0 Å². The Morgan fingerprint density at radius 2 is 1.77 bits per heavy atom. The molecular weight excluding hydrogens is 332 g/mol. The van der Waals surface area contributed by atoms with E-state index in [0.29, 0.717) is 24.8 Å². The van der Waals surface area contributed by atoms with Gasteiger partial charge in [0, 0.05) is 26.2 Å². The molecule has 0 aliphatic carbocycles. The first-order valence-corrected chi connectivity index (χ1v) is 9.24. The molecule has 1 aliphatic heterocycles. The molecule has 1 fully saturated rings. The largest absolute Gasteiger partial charge is 0.481 e. The van der Waals surface area contributed by atoms with Gasteiger partial charge >= 0.3 is 0 Å². The summed E-state index contributed by atoms with van der Waals surface area (Å²) in [5.41, 5.74) is 1.24. The predicted molar refractivity (Wildman–Crippen MR) is 100 cm³/mol. The number of rotatable bonds is 7. The zero-order chi connectivity index (χ0) is 19.1. The summed E-state index contributed by atoms with van der Waals surface area (Å²) >= 11 is 0. The van der Waals surface area contributed by atoms with Crippen molar-refractivity contribution in [1.82, 2.24) is 10.2 Å². The van der Waals surface area contributed by atoms with Crippen molar-refractivity contribution in [2.45, 2.75) is 51.7 Å². The maximum Gasteiger partial charge on any atom is 0.260 e. The summed E-state index contributed by atoms with van der Waals surface area (Å²) in [4.78, 5) is 26.0. The van der Waals surface area contributed by atoms with Gasteiger partial charge in [-0.25, -0.2) is 0 Å². The van der Waals surface area contributed by atoms with Gasteiger partial charge in [-0.15, -0.1) is 0 Å². The van der Waals surface area contributed by atoms with Gasteiger partial charge in [0.2, 0.25) is 5.91 Å². The van der Waals surface area contributed by atoms with E-state index in [4.69, 9.17) is 9.47 Å². The number of carbonyl (C=O) groups excluding carboxylic acids is 2. The Balaban J connectivity index is 1.78. The Kier molecular flexibility index (Phi) is 7.45. The zero-order valence-corrected chi connectivity index (χ0v) is 16.2. The minimum absolute atomic E-state index is 0.00109. The van der Waals surface area contributed by atoms with Crippen LogP contribution in [0.1, 0.15) is 45.1 Å². The second-order valence-corrected chi connectivity index (χ2v) is 7.08. The number of nitrogens with one attached hydrogen (secondary N) is 1. The van der Waals surface area contributed by atoms with Gasteiger partial charge < -0.3 is 19.7 Å². The van der Waals surface area contributed by atoms with Crippen LogP contribution in [0.3, 0.4) is 0 Å². The highest BCUT2D eigenvalue weighted by Gasteiger charge is 2.25. The minimum Gasteiger partial charge on any atom is -0.481 e. The van der Waals surface area contributed by atoms with Crippen molar-refractivity contribution in [3.63, 3.8) is 0 Å².